The minimum Gasteiger partial charge on any atom is -0.481 e. The molecule has 5 heteroatoms. The van der Waals surface area contributed by atoms with Gasteiger partial charge in [-0.3, -0.25) is 9.89 Å². The van der Waals surface area contributed by atoms with Gasteiger partial charge in [0.25, 0.3) is 0 Å². The quantitative estimate of drug-likeness (QED) is 0.685. The van der Waals surface area contributed by atoms with Gasteiger partial charge < -0.3 is 5.11 Å². The van der Waals surface area contributed by atoms with E-state index in [0.717, 1.165) is 0 Å². The largest absolute Gasteiger partial charge is 0.481 e. The molecule has 1 heterocycles. The summed E-state index contributed by atoms with van der Waals surface area (Å²) in [5.74, 6) is -0.551. The number of carbonyl (C=O) groups is 1. The third-order valence-electron chi connectivity index (χ3n) is 2.53. The smallest absolute Gasteiger partial charge is 0.307 e. The molecule has 0 aliphatic heterocycles. The highest BCUT2D eigenvalue weighted by molar-refractivity contribution is 5.71. The number of rotatable bonds is 2. The van der Waals surface area contributed by atoms with Crippen LogP contribution < -0.4 is 0 Å². The molecule has 2 atom stereocenters. The second kappa shape index (κ2) is 3.61. The first-order valence-corrected chi connectivity index (χ1v) is 4.52. The van der Waals surface area contributed by atoms with E-state index in [9.17, 15) is 4.79 Å². The number of carboxylic acid groups (broad SMARTS) is 1. The summed E-state index contributed by atoms with van der Waals surface area (Å²) in [6.07, 6.45) is 6.59. The van der Waals surface area contributed by atoms with Crippen molar-refractivity contribution < 1.29 is 9.90 Å². The minimum absolute atomic E-state index is 0.0694. The molecular weight excluding hydrogens is 182 g/mol. The van der Waals surface area contributed by atoms with Gasteiger partial charge in [-0.1, -0.05) is 12.2 Å². The number of carboxylic acids is 1. The number of H-pyrrole nitrogens is 1. The molecule has 14 heavy (non-hydrogen) atoms. The molecule has 0 saturated heterocycles. The third-order valence-corrected chi connectivity index (χ3v) is 2.53. The van der Waals surface area contributed by atoms with E-state index in [1.54, 1.807) is 0 Å². The lowest BCUT2D eigenvalue weighted by Crippen LogP contribution is -2.24. The van der Waals surface area contributed by atoms with Crippen LogP contribution in [-0.2, 0) is 4.79 Å². The Kier molecular flexibility index (Phi) is 2.30. The fraction of sp³-hybridized carbons (Fsp3) is 0.444. The van der Waals surface area contributed by atoms with Gasteiger partial charge in [-0.05, 0) is 12.8 Å². The van der Waals surface area contributed by atoms with E-state index in [4.69, 9.17) is 5.11 Å². The van der Waals surface area contributed by atoms with Crippen molar-refractivity contribution in [1.29, 1.82) is 0 Å². The maximum absolute atomic E-state index is 11.0. The third kappa shape index (κ3) is 1.53. The lowest BCUT2D eigenvalue weighted by molar-refractivity contribution is -0.142. The predicted octanol–water partition coefficient (Wildman–Crippen LogP) is 0.939. The fourth-order valence-corrected chi connectivity index (χ4v) is 1.78. The van der Waals surface area contributed by atoms with Gasteiger partial charge in [0.05, 0.1) is 5.92 Å². The minimum atomic E-state index is -0.768. The average molecular weight is 193 g/mol. The summed E-state index contributed by atoms with van der Waals surface area (Å²) in [5.41, 5.74) is 0. The number of hydrogen-bond acceptors (Lipinski definition) is 3. The molecule has 5 nitrogen and oxygen atoms in total. The van der Waals surface area contributed by atoms with Crippen molar-refractivity contribution in [3.8, 4) is 0 Å². The topological polar surface area (TPSA) is 78.9 Å². The molecule has 0 radical (unpaired) electrons. The van der Waals surface area contributed by atoms with E-state index in [1.165, 1.54) is 6.33 Å². The van der Waals surface area contributed by atoms with Gasteiger partial charge in [0, 0.05) is 5.92 Å². The van der Waals surface area contributed by atoms with E-state index in [0.29, 0.717) is 18.7 Å². The van der Waals surface area contributed by atoms with Gasteiger partial charge in [-0.25, -0.2) is 4.98 Å². The Morgan fingerprint density at radius 3 is 2.93 bits per heavy atom. The van der Waals surface area contributed by atoms with Gasteiger partial charge in [-0.2, -0.15) is 5.10 Å². The summed E-state index contributed by atoms with van der Waals surface area (Å²) in [5, 5.41) is 15.5. The van der Waals surface area contributed by atoms with Crippen molar-refractivity contribution in [3.05, 3.63) is 24.3 Å². The molecule has 1 aliphatic rings. The highest BCUT2D eigenvalue weighted by atomic mass is 16.4. The van der Waals surface area contributed by atoms with Gasteiger partial charge in [0.2, 0.25) is 0 Å². The molecule has 2 rings (SSSR count). The molecule has 0 spiro atoms. The summed E-state index contributed by atoms with van der Waals surface area (Å²) >= 11 is 0. The Morgan fingerprint density at radius 1 is 1.50 bits per heavy atom. The Labute approximate surface area is 80.9 Å². The summed E-state index contributed by atoms with van der Waals surface area (Å²) in [7, 11) is 0. The van der Waals surface area contributed by atoms with E-state index < -0.39 is 5.97 Å². The zero-order valence-corrected chi connectivity index (χ0v) is 7.55. The van der Waals surface area contributed by atoms with Crippen LogP contribution in [0.3, 0.4) is 0 Å². The maximum Gasteiger partial charge on any atom is 0.307 e. The van der Waals surface area contributed by atoms with Crippen molar-refractivity contribution in [2.45, 2.75) is 18.8 Å². The Bertz CT molecular complexity index is 345. The normalized spacial score (nSPS) is 26.3. The molecule has 0 fully saturated rings. The predicted molar refractivity (Wildman–Crippen MR) is 48.6 cm³/mol. The second-order valence-corrected chi connectivity index (χ2v) is 3.36. The van der Waals surface area contributed by atoms with E-state index in [1.807, 2.05) is 12.2 Å². The number of nitrogens with zero attached hydrogens (tertiary/aromatic N) is 2. The van der Waals surface area contributed by atoms with Crippen LogP contribution >= 0.6 is 0 Å². The molecule has 0 unspecified atom stereocenters. The van der Waals surface area contributed by atoms with Gasteiger partial charge in [0.15, 0.2) is 0 Å². The molecule has 0 aromatic carbocycles. The van der Waals surface area contributed by atoms with Gasteiger partial charge in [-0.15, -0.1) is 0 Å². The van der Waals surface area contributed by atoms with Crippen LogP contribution in [0.1, 0.15) is 24.6 Å². The molecule has 0 bridgehead atoms. The molecule has 74 valence electrons. The first-order chi connectivity index (χ1) is 6.79. The van der Waals surface area contributed by atoms with Crippen LogP contribution in [0.25, 0.3) is 0 Å². The molecular formula is C9H11N3O2. The molecule has 0 amide bonds. The van der Waals surface area contributed by atoms with Crippen LogP contribution in [0, 0.1) is 5.92 Å². The monoisotopic (exact) mass is 193 g/mol. The van der Waals surface area contributed by atoms with E-state index in [2.05, 4.69) is 15.2 Å². The zero-order chi connectivity index (χ0) is 9.97. The van der Waals surface area contributed by atoms with Crippen molar-refractivity contribution in [2.24, 2.45) is 5.92 Å². The molecule has 0 saturated carbocycles. The van der Waals surface area contributed by atoms with E-state index in [-0.39, 0.29) is 11.8 Å². The number of aromatic amines is 1. The van der Waals surface area contributed by atoms with Crippen LogP contribution in [0.5, 0.6) is 0 Å². The molecule has 1 aromatic heterocycles. The van der Waals surface area contributed by atoms with Crippen molar-refractivity contribution >= 4 is 5.97 Å². The van der Waals surface area contributed by atoms with Crippen molar-refractivity contribution in [2.75, 3.05) is 0 Å². The summed E-state index contributed by atoms with van der Waals surface area (Å²) in [4.78, 5) is 15.0. The maximum atomic E-state index is 11.0. The number of hydrogen-bond donors (Lipinski definition) is 2. The van der Waals surface area contributed by atoms with Gasteiger partial charge in [0.1, 0.15) is 12.2 Å². The highest BCUT2D eigenvalue weighted by Crippen LogP contribution is 2.32. The lowest BCUT2D eigenvalue weighted by atomic mass is 9.82. The lowest BCUT2D eigenvalue weighted by Gasteiger charge is -2.22. The first kappa shape index (κ1) is 8.93. The zero-order valence-electron chi connectivity index (χ0n) is 7.55. The number of aliphatic carboxylic acids is 1. The van der Waals surface area contributed by atoms with Crippen molar-refractivity contribution in [1.82, 2.24) is 15.2 Å². The summed E-state index contributed by atoms with van der Waals surface area (Å²) in [6.45, 7) is 0. The van der Waals surface area contributed by atoms with Gasteiger partial charge >= 0.3 is 5.97 Å². The molecule has 1 aliphatic carbocycles. The van der Waals surface area contributed by atoms with Crippen LogP contribution in [0.2, 0.25) is 0 Å². The van der Waals surface area contributed by atoms with Crippen LogP contribution in [0.15, 0.2) is 18.5 Å². The van der Waals surface area contributed by atoms with Crippen LogP contribution in [-0.4, -0.2) is 26.3 Å². The number of aromatic nitrogens is 3. The Morgan fingerprint density at radius 2 is 2.29 bits per heavy atom. The Balaban J connectivity index is 2.24. The SMILES string of the molecule is O=C(O)[C@@H]1CC=CC[C@@H]1c1ncn[nH]1. The first-order valence-electron chi connectivity index (χ1n) is 4.52. The highest BCUT2D eigenvalue weighted by Gasteiger charge is 2.31. The number of allylic oxidation sites excluding steroid dienone is 2. The molecule has 1 aromatic rings. The number of nitrogens with one attached hydrogen (secondary N) is 1. The summed E-state index contributed by atoms with van der Waals surface area (Å²) < 4.78 is 0. The molecule has 2 N–H and O–H groups in total. The Hall–Kier alpha value is -1.65. The van der Waals surface area contributed by atoms with Crippen LogP contribution in [0.4, 0.5) is 0 Å². The average Bonchev–Trinajstić information content (AvgIpc) is 2.70. The van der Waals surface area contributed by atoms with E-state index >= 15 is 0 Å². The summed E-state index contributed by atoms with van der Waals surface area (Å²) in [6, 6.07) is 0. The fourth-order valence-electron chi connectivity index (χ4n) is 1.78. The standard InChI is InChI=1S/C9H11N3O2/c13-9(14)7-4-2-1-3-6(7)8-10-5-11-12-8/h1-2,5-7H,3-4H2,(H,13,14)(H,10,11,12)/t6-,7+/m0/s1. The van der Waals surface area contributed by atoms with Crippen molar-refractivity contribution in [3.63, 3.8) is 0 Å². The second-order valence-electron chi connectivity index (χ2n) is 3.36.